The van der Waals surface area contributed by atoms with Gasteiger partial charge in [0.15, 0.2) is 0 Å². The second-order valence-corrected chi connectivity index (χ2v) is 7.19. The van der Waals surface area contributed by atoms with Gasteiger partial charge < -0.3 is 5.32 Å². The maximum Gasteiger partial charge on any atom is 0.234 e. The molecule has 0 radical (unpaired) electrons. The van der Waals surface area contributed by atoms with Gasteiger partial charge in [-0.05, 0) is 75.8 Å². The molecular formula is C16H14IN5OS. The van der Waals surface area contributed by atoms with Crippen LogP contribution in [0.25, 0.3) is 5.69 Å². The zero-order chi connectivity index (χ0) is 16.9. The van der Waals surface area contributed by atoms with Crippen molar-refractivity contribution in [3.05, 3.63) is 57.7 Å². The molecule has 0 spiro atoms. The van der Waals surface area contributed by atoms with E-state index in [9.17, 15) is 4.79 Å². The number of tetrazole rings is 1. The Labute approximate surface area is 157 Å². The summed E-state index contributed by atoms with van der Waals surface area (Å²) in [5.74, 6) is 0.144. The molecule has 0 saturated heterocycles. The van der Waals surface area contributed by atoms with Crippen LogP contribution in [0.3, 0.4) is 0 Å². The molecule has 0 aliphatic rings. The Morgan fingerprint density at radius 1 is 1.25 bits per heavy atom. The van der Waals surface area contributed by atoms with Crippen LogP contribution in [0.15, 0.2) is 53.7 Å². The molecule has 0 aliphatic heterocycles. The first kappa shape index (κ1) is 16.9. The molecule has 122 valence electrons. The summed E-state index contributed by atoms with van der Waals surface area (Å²) in [6.45, 7) is 1.97. The smallest absolute Gasteiger partial charge is 0.234 e. The number of benzene rings is 2. The van der Waals surface area contributed by atoms with Gasteiger partial charge in [-0.2, -0.15) is 4.68 Å². The average molecular weight is 451 g/mol. The van der Waals surface area contributed by atoms with E-state index in [0.717, 1.165) is 20.5 Å². The Bertz CT molecular complexity index is 853. The zero-order valence-corrected chi connectivity index (χ0v) is 15.8. The number of hydrogen-bond acceptors (Lipinski definition) is 5. The lowest BCUT2D eigenvalue weighted by atomic mass is 10.2. The number of nitrogens with one attached hydrogen (secondary N) is 1. The van der Waals surface area contributed by atoms with Crippen LogP contribution in [0.4, 0.5) is 5.69 Å². The molecule has 0 fully saturated rings. The highest BCUT2D eigenvalue weighted by atomic mass is 127. The van der Waals surface area contributed by atoms with E-state index in [1.54, 1.807) is 4.68 Å². The third-order valence-corrected chi connectivity index (χ3v) is 4.83. The van der Waals surface area contributed by atoms with Gasteiger partial charge in [0.2, 0.25) is 11.1 Å². The van der Waals surface area contributed by atoms with E-state index < -0.39 is 0 Å². The lowest BCUT2D eigenvalue weighted by Crippen LogP contribution is -2.15. The molecule has 0 atom stereocenters. The van der Waals surface area contributed by atoms with Crippen molar-refractivity contribution in [3.63, 3.8) is 0 Å². The second kappa shape index (κ2) is 7.75. The fourth-order valence-corrected chi connectivity index (χ4v) is 3.42. The summed E-state index contributed by atoms with van der Waals surface area (Å²) in [6.07, 6.45) is 0. The highest BCUT2D eigenvalue weighted by Crippen LogP contribution is 2.20. The molecule has 0 saturated carbocycles. The van der Waals surface area contributed by atoms with Crippen molar-refractivity contribution in [2.45, 2.75) is 12.1 Å². The standard InChI is InChI=1S/C16H14IN5OS/c1-11-9-12(17)7-8-14(11)18-15(23)10-24-16-19-20-21-22(16)13-5-3-2-4-6-13/h2-9H,10H2,1H3,(H,18,23). The third-order valence-electron chi connectivity index (χ3n) is 3.24. The molecule has 0 aliphatic carbocycles. The number of aromatic nitrogens is 4. The van der Waals surface area contributed by atoms with E-state index in [2.05, 4.69) is 43.4 Å². The minimum absolute atomic E-state index is 0.0908. The van der Waals surface area contributed by atoms with E-state index in [4.69, 9.17) is 0 Å². The predicted molar refractivity (Wildman–Crippen MR) is 102 cm³/mol. The Morgan fingerprint density at radius 2 is 2.04 bits per heavy atom. The minimum atomic E-state index is -0.0908. The number of rotatable bonds is 5. The first-order valence-electron chi connectivity index (χ1n) is 7.16. The van der Waals surface area contributed by atoms with Crippen LogP contribution in [0.5, 0.6) is 0 Å². The highest BCUT2D eigenvalue weighted by Gasteiger charge is 2.12. The van der Waals surface area contributed by atoms with Crippen LogP contribution in [0.2, 0.25) is 0 Å². The fourth-order valence-electron chi connectivity index (χ4n) is 2.08. The summed E-state index contributed by atoms with van der Waals surface area (Å²) in [5, 5.41) is 15.2. The Morgan fingerprint density at radius 3 is 2.79 bits per heavy atom. The van der Waals surface area contributed by atoms with Gasteiger partial charge in [0, 0.05) is 9.26 Å². The van der Waals surface area contributed by atoms with Crippen LogP contribution in [-0.2, 0) is 4.79 Å². The van der Waals surface area contributed by atoms with Crippen LogP contribution >= 0.6 is 34.4 Å². The van der Waals surface area contributed by atoms with Crippen molar-refractivity contribution in [2.24, 2.45) is 0 Å². The second-order valence-electron chi connectivity index (χ2n) is 5.00. The maximum absolute atomic E-state index is 12.2. The molecule has 1 aromatic heterocycles. The number of carbonyl (C=O) groups is 1. The monoisotopic (exact) mass is 451 g/mol. The molecule has 1 amide bonds. The van der Waals surface area contributed by atoms with Gasteiger partial charge in [-0.15, -0.1) is 5.10 Å². The number of hydrogen-bond donors (Lipinski definition) is 1. The molecule has 0 unspecified atom stereocenters. The van der Waals surface area contributed by atoms with Crippen LogP contribution < -0.4 is 5.32 Å². The Hall–Kier alpha value is -1.94. The molecule has 1 heterocycles. The summed E-state index contributed by atoms with van der Waals surface area (Å²) in [5.41, 5.74) is 2.72. The topological polar surface area (TPSA) is 72.7 Å². The first-order chi connectivity index (χ1) is 11.6. The SMILES string of the molecule is Cc1cc(I)ccc1NC(=O)CSc1nnnn1-c1ccccc1. The van der Waals surface area contributed by atoms with Gasteiger partial charge in [0.05, 0.1) is 11.4 Å². The van der Waals surface area contributed by atoms with Crippen molar-refractivity contribution < 1.29 is 4.79 Å². The molecule has 8 heteroatoms. The van der Waals surface area contributed by atoms with Gasteiger partial charge in [-0.1, -0.05) is 30.0 Å². The van der Waals surface area contributed by atoms with Crippen molar-refractivity contribution in [3.8, 4) is 5.69 Å². The zero-order valence-electron chi connectivity index (χ0n) is 12.8. The predicted octanol–water partition coefficient (Wildman–Crippen LogP) is 3.31. The highest BCUT2D eigenvalue weighted by molar-refractivity contribution is 14.1. The first-order valence-corrected chi connectivity index (χ1v) is 9.22. The van der Waals surface area contributed by atoms with E-state index >= 15 is 0 Å². The van der Waals surface area contributed by atoms with Crippen molar-refractivity contribution >= 4 is 45.9 Å². The Kier molecular flexibility index (Phi) is 5.46. The molecule has 3 aromatic rings. The molecule has 2 aromatic carbocycles. The van der Waals surface area contributed by atoms with E-state index in [1.807, 2.05) is 55.5 Å². The van der Waals surface area contributed by atoms with Gasteiger partial charge in [-0.25, -0.2) is 0 Å². The minimum Gasteiger partial charge on any atom is -0.325 e. The molecule has 3 rings (SSSR count). The van der Waals surface area contributed by atoms with Crippen LogP contribution in [0, 0.1) is 10.5 Å². The summed E-state index contributed by atoms with van der Waals surface area (Å²) in [4.78, 5) is 12.2. The van der Waals surface area contributed by atoms with Crippen LogP contribution in [0.1, 0.15) is 5.56 Å². The molecule has 1 N–H and O–H groups in total. The van der Waals surface area contributed by atoms with E-state index in [0.29, 0.717) is 5.16 Å². The lowest BCUT2D eigenvalue weighted by molar-refractivity contribution is -0.113. The van der Waals surface area contributed by atoms with Crippen molar-refractivity contribution in [1.82, 2.24) is 20.2 Å². The van der Waals surface area contributed by atoms with Gasteiger partial charge >= 0.3 is 0 Å². The summed E-state index contributed by atoms with van der Waals surface area (Å²) >= 11 is 3.55. The normalized spacial score (nSPS) is 10.6. The number of halogens is 1. The Balaban J connectivity index is 1.64. The number of amides is 1. The lowest BCUT2D eigenvalue weighted by Gasteiger charge is -2.08. The molecule has 0 bridgehead atoms. The molecular weight excluding hydrogens is 437 g/mol. The maximum atomic E-state index is 12.2. The van der Waals surface area contributed by atoms with Gasteiger partial charge in [0.25, 0.3) is 0 Å². The van der Waals surface area contributed by atoms with Gasteiger partial charge in [0.1, 0.15) is 0 Å². The summed E-state index contributed by atoms with van der Waals surface area (Å²) in [7, 11) is 0. The van der Waals surface area contributed by atoms with Crippen molar-refractivity contribution in [1.29, 1.82) is 0 Å². The summed E-state index contributed by atoms with van der Waals surface area (Å²) in [6, 6.07) is 15.5. The fraction of sp³-hybridized carbons (Fsp3) is 0.125. The number of thioether (sulfide) groups is 1. The largest absolute Gasteiger partial charge is 0.325 e. The third kappa shape index (κ3) is 4.12. The van der Waals surface area contributed by atoms with Crippen LogP contribution in [-0.4, -0.2) is 31.9 Å². The van der Waals surface area contributed by atoms with E-state index in [-0.39, 0.29) is 11.7 Å². The average Bonchev–Trinajstić information content (AvgIpc) is 3.05. The molecule has 6 nitrogen and oxygen atoms in total. The number of aryl methyl sites for hydroxylation is 1. The van der Waals surface area contributed by atoms with E-state index in [1.165, 1.54) is 11.8 Å². The van der Waals surface area contributed by atoms with Crippen molar-refractivity contribution in [2.75, 3.05) is 11.1 Å². The number of carbonyl (C=O) groups excluding carboxylic acids is 1. The number of anilines is 1. The number of nitrogens with zero attached hydrogens (tertiary/aromatic N) is 4. The number of para-hydroxylation sites is 1. The summed E-state index contributed by atoms with van der Waals surface area (Å²) < 4.78 is 2.76. The van der Waals surface area contributed by atoms with Gasteiger partial charge in [-0.3, -0.25) is 4.79 Å². The quantitative estimate of drug-likeness (QED) is 0.476. The molecule has 24 heavy (non-hydrogen) atoms.